The summed E-state index contributed by atoms with van der Waals surface area (Å²) < 4.78 is 44.3. The average Bonchev–Trinajstić information content (AvgIpc) is 2.64. The number of alkyl halides is 3. The van der Waals surface area contributed by atoms with Crippen LogP contribution in [0.5, 0.6) is 0 Å². The molecule has 0 radical (unpaired) electrons. The molecule has 3 nitrogen and oxygen atoms in total. The van der Waals surface area contributed by atoms with Gasteiger partial charge in [0.15, 0.2) is 5.78 Å². The van der Waals surface area contributed by atoms with Crippen LogP contribution in [-0.2, 0) is 16.0 Å². The van der Waals surface area contributed by atoms with Gasteiger partial charge in [-0.3, -0.25) is 9.59 Å². The zero-order valence-corrected chi connectivity index (χ0v) is 10.1. The van der Waals surface area contributed by atoms with E-state index in [0.717, 1.165) is 0 Å². The molecule has 0 heterocycles. The molecular formula is C13H11F3O3. The van der Waals surface area contributed by atoms with Crippen molar-refractivity contribution < 1.29 is 27.5 Å². The van der Waals surface area contributed by atoms with Crippen molar-refractivity contribution in [2.24, 2.45) is 5.41 Å². The predicted molar refractivity (Wildman–Crippen MR) is 59.6 cm³/mol. The standard InChI is InChI=1S/C13H11F3O3/c1-2-19-11(18)12(13(14,15)16)7-8-5-3-4-6-9(8)10(12)17/h3-6H,2,7H2,1H3. The molecule has 0 N–H and O–H groups in total. The number of hydrogen-bond donors (Lipinski definition) is 0. The van der Waals surface area contributed by atoms with Crippen LogP contribution in [0.15, 0.2) is 24.3 Å². The Morgan fingerprint density at radius 2 is 2.00 bits per heavy atom. The molecule has 1 atom stereocenters. The molecule has 1 unspecified atom stereocenters. The quantitative estimate of drug-likeness (QED) is 0.614. The summed E-state index contributed by atoms with van der Waals surface area (Å²) >= 11 is 0. The van der Waals surface area contributed by atoms with Crippen LogP contribution in [0.25, 0.3) is 0 Å². The molecule has 1 aromatic carbocycles. The summed E-state index contributed by atoms with van der Waals surface area (Å²) in [5.74, 6) is -2.75. The number of esters is 1. The fourth-order valence-corrected chi connectivity index (χ4v) is 2.26. The van der Waals surface area contributed by atoms with Gasteiger partial charge in [0, 0.05) is 12.0 Å². The number of carbonyl (C=O) groups is 2. The van der Waals surface area contributed by atoms with Crippen molar-refractivity contribution in [3.8, 4) is 0 Å². The molecule has 2 rings (SSSR count). The minimum Gasteiger partial charge on any atom is -0.465 e. The first kappa shape index (κ1) is 13.6. The molecular weight excluding hydrogens is 261 g/mol. The lowest BCUT2D eigenvalue weighted by Crippen LogP contribution is -2.50. The van der Waals surface area contributed by atoms with Gasteiger partial charge in [-0.15, -0.1) is 0 Å². The Morgan fingerprint density at radius 1 is 1.37 bits per heavy atom. The van der Waals surface area contributed by atoms with Crippen molar-refractivity contribution in [1.29, 1.82) is 0 Å². The summed E-state index contributed by atoms with van der Waals surface area (Å²) in [6.07, 6.45) is -5.67. The lowest BCUT2D eigenvalue weighted by Gasteiger charge is -2.27. The summed E-state index contributed by atoms with van der Waals surface area (Å²) in [5.41, 5.74) is -2.93. The molecule has 0 saturated carbocycles. The van der Waals surface area contributed by atoms with E-state index in [-0.39, 0.29) is 17.7 Å². The topological polar surface area (TPSA) is 43.4 Å². The fourth-order valence-electron chi connectivity index (χ4n) is 2.26. The summed E-state index contributed by atoms with van der Waals surface area (Å²) in [5, 5.41) is 0. The molecule has 102 valence electrons. The first-order valence-corrected chi connectivity index (χ1v) is 5.71. The highest BCUT2D eigenvalue weighted by Crippen LogP contribution is 2.49. The van der Waals surface area contributed by atoms with Gasteiger partial charge in [0.05, 0.1) is 6.61 Å². The van der Waals surface area contributed by atoms with Gasteiger partial charge in [-0.05, 0) is 12.5 Å². The van der Waals surface area contributed by atoms with E-state index in [4.69, 9.17) is 0 Å². The molecule has 1 aliphatic rings. The largest absolute Gasteiger partial charge is 0.465 e. The molecule has 0 amide bonds. The Morgan fingerprint density at radius 3 is 2.53 bits per heavy atom. The predicted octanol–water partition coefficient (Wildman–Crippen LogP) is 2.54. The second-order valence-electron chi connectivity index (χ2n) is 4.29. The number of rotatable bonds is 2. The summed E-state index contributed by atoms with van der Waals surface area (Å²) in [7, 11) is 0. The monoisotopic (exact) mass is 272 g/mol. The van der Waals surface area contributed by atoms with E-state index in [1.54, 1.807) is 0 Å². The molecule has 0 saturated heterocycles. The average molecular weight is 272 g/mol. The molecule has 1 aromatic rings. The van der Waals surface area contributed by atoms with Gasteiger partial charge in [-0.2, -0.15) is 13.2 Å². The minimum absolute atomic E-state index is 0.0621. The smallest absolute Gasteiger partial charge is 0.412 e. The van der Waals surface area contributed by atoms with Crippen molar-refractivity contribution in [1.82, 2.24) is 0 Å². The zero-order chi connectivity index (χ0) is 14.3. The van der Waals surface area contributed by atoms with E-state index in [1.165, 1.54) is 31.2 Å². The van der Waals surface area contributed by atoms with Gasteiger partial charge >= 0.3 is 12.1 Å². The van der Waals surface area contributed by atoms with Crippen LogP contribution in [0.3, 0.4) is 0 Å². The zero-order valence-electron chi connectivity index (χ0n) is 10.1. The van der Waals surface area contributed by atoms with Crippen molar-refractivity contribution in [3.05, 3.63) is 35.4 Å². The minimum atomic E-state index is -4.98. The van der Waals surface area contributed by atoms with Gasteiger partial charge < -0.3 is 4.74 Å². The molecule has 0 spiro atoms. The summed E-state index contributed by atoms with van der Waals surface area (Å²) in [4.78, 5) is 23.8. The highest BCUT2D eigenvalue weighted by molar-refractivity contribution is 6.16. The molecule has 19 heavy (non-hydrogen) atoms. The van der Waals surface area contributed by atoms with Crippen LogP contribution in [0.1, 0.15) is 22.8 Å². The third-order valence-electron chi connectivity index (χ3n) is 3.21. The van der Waals surface area contributed by atoms with Gasteiger partial charge in [0.2, 0.25) is 5.41 Å². The third kappa shape index (κ3) is 1.82. The maximum Gasteiger partial charge on any atom is 0.412 e. The molecule has 6 heteroatoms. The number of carbonyl (C=O) groups excluding carboxylic acids is 2. The van der Waals surface area contributed by atoms with Gasteiger partial charge in [0.25, 0.3) is 0 Å². The SMILES string of the molecule is CCOC(=O)C1(C(F)(F)F)Cc2ccccc2C1=O. The van der Waals surface area contributed by atoms with E-state index < -0.39 is 29.8 Å². The fraction of sp³-hybridized carbons (Fsp3) is 0.385. The number of Topliss-reactive ketones (excluding diaryl/α,β-unsaturated/α-hetero) is 1. The maximum atomic E-state index is 13.3. The van der Waals surface area contributed by atoms with Crippen molar-refractivity contribution in [3.63, 3.8) is 0 Å². The molecule has 0 aliphatic heterocycles. The first-order valence-electron chi connectivity index (χ1n) is 5.71. The number of fused-ring (bicyclic) bond motifs is 1. The van der Waals surface area contributed by atoms with Crippen LogP contribution < -0.4 is 0 Å². The van der Waals surface area contributed by atoms with Crippen molar-refractivity contribution in [2.45, 2.75) is 19.5 Å². The van der Waals surface area contributed by atoms with Crippen molar-refractivity contribution in [2.75, 3.05) is 6.61 Å². The number of ketones is 1. The molecule has 0 aromatic heterocycles. The van der Waals surface area contributed by atoms with Gasteiger partial charge in [-0.25, -0.2) is 0 Å². The Bertz CT molecular complexity index is 536. The summed E-state index contributed by atoms with van der Waals surface area (Å²) in [6.45, 7) is 1.19. The molecule has 0 bridgehead atoms. The van der Waals surface area contributed by atoms with E-state index in [0.29, 0.717) is 0 Å². The molecule has 0 fully saturated rings. The van der Waals surface area contributed by atoms with E-state index in [2.05, 4.69) is 4.74 Å². The van der Waals surface area contributed by atoms with Crippen LogP contribution in [0, 0.1) is 5.41 Å². The Hall–Kier alpha value is -1.85. The third-order valence-corrected chi connectivity index (χ3v) is 3.21. The lowest BCUT2D eigenvalue weighted by atomic mass is 9.83. The van der Waals surface area contributed by atoms with Crippen LogP contribution in [-0.4, -0.2) is 24.5 Å². The number of halogens is 3. The van der Waals surface area contributed by atoms with Gasteiger partial charge in [0.1, 0.15) is 0 Å². The first-order chi connectivity index (χ1) is 8.84. The second kappa shape index (κ2) is 4.36. The van der Waals surface area contributed by atoms with Crippen LogP contribution in [0.2, 0.25) is 0 Å². The maximum absolute atomic E-state index is 13.3. The second-order valence-corrected chi connectivity index (χ2v) is 4.29. The Labute approximate surface area is 107 Å². The molecule has 1 aliphatic carbocycles. The number of benzene rings is 1. The normalized spacial score (nSPS) is 22.2. The highest BCUT2D eigenvalue weighted by atomic mass is 19.4. The highest BCUT2D eigenvalue weighted by Gasteiger charge is 2.69. The Kier molecular flexibility index (Phi) is 3.12. The van der Waals surface area contributed by atoms with Gasteiger partial charge in [-0.1, -0.05) is 24.3 Å². The van der Waals surface area contributed by atoms with Crippen LogP contribution >= 0.6 is 0 Å². The van der Waals surface area contributed by atoms with E-state index in [9.17, 15) is 22.8 Å². The van der Waals surface area contributed by atoms with E-state index >= 15 is 0 Å². The van der Waals surface area contributed by atoms with E-state index in [1.807, 2.05) is 0 Å². The number of hydrogen-bond acceptors (Lipinski definition) is 3. The Balaban J connectivity index is 2.56. The number of ether oxygens (including phenoxy) is 1. The van der Waals surface area contributed by atoms with Crippen molar-refractivity contribution >= 4 is 11.8 Å². The van der Waals surface area contributed by atoms with Crippen LogP contribution in [0.4, 0.5) is 13.2 Å². The lowest BCUT2D eigenvalue weighted by molar-refractivity contribution is -0.217. The summed E-state index contributed by atoms with van der Waals surface area (Å²) in [6, 6.07) is 5.71.